The molecule has 4 rings (SSSR count). The van der Waals surface area contributed by atoms with E-state index < -0.39 is 6.04 Å². The zero-order chi connectivity index (χ0) is 15.8. The Morgan fingerprint density at radius 1 is 1.30 bits per heavy atom. The Bertz CT molecular complexity index is 872. The molecule has 1 saturated heterocycles. The summed E-state index contributed by atoms with van der Waals surface area (Å²) in [5, 5.41) is 4.77. The van der Waals surface area contributed by atoms with E-state index in [0.29, 0.717) is 18.7 Å². The maximum absolute atomic E-state index is 13.0. The molecule has 1 aromatic carbocycles. The second-order valence-electron chi connectivity index (χ2n) is 5.24. The van der Waals surface area contributed by atoms with Crippen molar-refractivity contribution in [2.24, 2.45) is 0 Å². The highest BCUT2D eigenvalue weighted by molar-refractivity contribution is 7.16. The van der Waals surface area contributed by atoms with Crippen LogP contribution in [0.4, 0.5) is 0 Å². The third-order valence-electron chi connectivity index (χ3n) is 3.86. The van der Waals surface area contributed by atoms with Gasteiger partial charge in [-0.15, -0.1) is 22.7 Å². The molecule has 1 aliphatic heterocycles. The van der Waals surface area contributed by atoms with Gasteiger partial charge in [0.15, 0.2) is 0 Å². The minimum atomic E-state index is -0.548. The number of hydrogen-bond donors (Lipinski definition) is 1. The second-order valence-corrected chi connectivity index (χ2v) is 7.11. The van der Waals surface area contributed by atoms with Gasteiger partial charge in [-0.05, 0) is 29.6 Å². The molecule has 116 valence electrons. The van der Waals surface area contributed by atoms with E-state index in [1.165, 1.54) is 22.7 Å². The van der Waals surface area contributed by atoms with Gasteiger partial charge in [0.05, 0.1) is 15.7 Å². The molecule has 1 fully saturated rings. The van der Waals surface area contributed by atoms with Crippen molar-refractivity contribution in [3.8, 4) is 0 Å². The average molecular weight is 343 g/mol. The van der Waals surface area contributed by atoms with Crippen molar-refractivity contribution >= 4 is 44.7 Å². The number of thiazole rings is 1. The molecule has 2 aromatic heterocycles. The van der Waals surface area contributed by atoms with E-state index in [2.05, 4.69) is 10.3 Å². The van der Waals surface area contributed by atoms with E-state index >= 15 is 0 Å². The minimum absolute atomic E-state index is 0.117. The molecular formula is C16H13N3O2S2. The van der Waals surface area contributed by atoms with Crippen LogP contribution in [-0.2, 0) is 4.79 Å². The fraction of sp³-hybridized carbons (Fsp3) is 0.188. The molecule has 1 atom stereocenters. The molecule has 5 nitrogen and oxygen atoms in total. The highest BCUT2D eigenvalue weighted by Crippen LogP contribution is 2.29. The number of carbonyl (C=O) groups is 2. The highest BCUT2D eigenvalue weighted by atomic mass is 32.1. The molecule has 0 radical (unpaired) electrons. The summed E-state index contributed by atoms with van der Waals surface area (Å²) in [6.07, 6.45) is 0. The number of thiophene rings is 1. The van der Waals surface area contributed by atoms with Crippen LogP contribution in [0.1, 0.15) is 21.3 Å². The molecule has 3 heterocycles. The lowest BCUT2D eigenvalue weighted by atomic mass is 10.1. The topological polar surface area (TPSA) is 62.3 Å². The minimum Gasteiger partial charge on any atom is -0.352 e. The van der Waals surface area contributed by atoms with E-state index in [9.17, 15) is 9.59 Å². The van der Waals surface area contributed by atoms with Crippen LogP contribution in [0, 0.1) is 0 Å². The van der Waals surface area contributed by atoms with Gasteiger partial charge in [-0.1, -0.05) is 6.07 Å². The quantitative estimate of drug-likeness (QED) is 0.778. The van der Waals surface area contributed by atoms with Gasteiger partial charge in [-0.25, -0.2) is 4.98 Å². The van der Waals surface area contributed by atoms with E-state index in [0.717, 1.165) is 15.1 Å². The molecule has 0 bridgehead atoms. The number of hydrogen-bond acceptors (Lipinski definition) is 5. The van der Waals surface area contributed by atoms with Crippen molar-refractivity contribution in [2.75, 3.05) is 13.1 Å². The van der Waals surface area contributed by atoms with Crippen LogP contribution in [0.2, 0.25) is 0 Å². The Kier molecular flexibility index (Phi) is 3.59. The van der Waals surface area contributed by atoms with Crippen LogP contribution in [0.15, 0.2) is 41.2 Å². The summed E-state index contributed by atoms with van der Waals surface area (Å²) >= 11 is 3.00. The first-order valence-electron chi connectivity index (χ1n) is 7.19. The maximum atomic E-state index is 13.0. The van der Waals surface area contributed by atoms with Crippen molar-refractivity contribution in [2.45, 2.75) is 6.04 Å². The third kappa shape index (κ3) is 2.51. The predicted molar refractivity (Wildman–Crippen MR) is 90.7 cm³/mol. The maximum Gasteiger partial charge on any atom is 0.254 e. The third-order valence-corrected chi connectivity index (χ3v) is 5.58. The van der Waals surface area contributed by atoms with Crippen LogP contribution in [0.3, 0.4) is 0 Å². The first kappa shape index (κ1) is 14.3. The fourth-order valence-electron chi connectivity index (χ4n) is 2.77. The van der Waals surface area contributed by atoms with E-state index in [4.69, 9.17) is 0 Å². The smallest absolute Gasteiger partial charge is 0.254 e. The number of fused-ring (bicyclic) bond motifs is 1. The summed E-state index contributed by atoms with van der Waals surface area (Å²) in [4.78, 5) is 32.0. The zero-order valence-electron chi connectivity index (χ0n) is 12.1. The number of carbonyl (C=O) groups excluding carboxylic acids is 2. The lowest BCUT2D eigenvalue weighted by molar-refractivity contribution is -0.127. The summed E-state index contributed by atoms with van der Waals surface area (Å²) < 4.78 is 0.977. The number of piperazine rings is 1. The second kappa shape index (κ2) is 5.75. The van der Waals surface area contributed by atoms with Crippen LogP contribution >= 0.6 is 22.7 Å². The Balaban J connectivity index is 1.71. The highest BCUT2D eigenvalue weighted by Gasteiger charge is 2.35. The van der Waals surface area contributed by atoms with Gasteiger partial charge in [-0.2, -0.15) is 0 Å². The van der Waals surface area contributed by atoms with Crippen molar-refractivity contribution in [1.29, 1.82) is 0 Å². The summed E-state index contributed by atoms with van der Waals surface area (Å²) in [5.74, 6) is -0.237. The Labute approximate surface area is 140 Å². The van der Waals surface area contributed by atoms with Gasteiger partial charge in [-0.3, -0.25) is 9.59 Å². The Hall–Kier alpha value is -2.25. The predicted octanol–water partition coefficient (Wildman–Crippen LogP) is 2.67. The summed E-state index contributed by atoms with van der Waals surface area (Å²) in [6.45, 7) is 0.989. The number of benzene rings is 1. The number of amides is 2. The molecule has 23 heavy (non-hydrogen) atoms. The normalized spacial score (nSPS) is 18.2. The number of aromatic nitrogens is 1. The van der Waals surface area contributed by atoms with Gasteiger partial charge in [0.2, 0.25) is 5.91 Å². The summed E-state index contributed by atoms with van der Waals surface area (Å²) in [7, 11) is 0. The number of rotatable bonds is 2. The van der Waals surface area contributed by atoms with Gasteiger partial charge in [0.1, 0.15) is 6.04 Å². The average Bonchev–Trinajstić information content (AvgIpc) is 3.24. The molecule has 7 heteroatoms. The van der Waals surface area contributed by atoms with Crippen LogP contribution in [-0.4, -0.2) is 34.8 Å². The lowest BCUT2D eigenvalue weighted by Crippen LogP contribution is -2.51. The Morgan fingerprint density at radius 3 is 3.04 bits per heavy atom. The Morgan fingerprint density at radius 2 is 2.22 bits per heavy atom. The number of nitrogens with zero attached hydrogens (tertiary/aromatic N) is 2. The van der Waals surface area contributed by atoms with E-state index in [-0.39, 0.29) is 11.8 Å². The van der Waals surface area contributed by atoms with Gasteiger partial charge >= 0.3 is 0 Å². The van der Waals surface area contributed by atoms with Gasteiger partial charge in [0.25, 0.3) is 5.91 Å². The van der Waals surface area contributed by atoms with Gasteiger partial charge in [0, 0.05) is 23.5 Å². The van der Waals surface area contributed by atoms with Crippen molar-refractivity contribution in [1.82, 2.24) is 15.2 Å². The van der Waals surface area contributed by atoms with Crippen LogP contribution in [0.5, 0.6) is 0 Å². The summed E-state index contributed by atoms with van der Waals surface area (Å²) in [6, 6.07) is 8.73. The van der Waals surface area contributed by atoms with Crippen molar-refractivity contribution in [3.63, 3.8) is 0 Å². The first-order valence-corrected chi connectivity index (χ1v) is 8.95. The van der Waals surface area contributed by atoms with Crippen LogP contribution < -0.4 is 5.32 Å². The largest absolute Gasteiger partial charge is 0.352 e. The SMILES string of the molecule is O=C1NCCN(C(=O)c2ccc3ncsc3c2)[C@H]1c1cccs1. The van der Waals surface area contributed by atoms with Gasteiger partial charge < -0.3 is 10.2 Å². The molecular weight excluding hydrogens is 330 g/mol. The molecule has 1 N–H and O–H groups in total. The molecule has 3 aromatic rings. The van der Waals surface area contributed by atoms with E-state index in [1.807, 2.05) is 29.6 Å². The monoisotopic (exact) mass is 343 g/mol. The molecule has 2 amide bonds. The molecule has 0 aliphatic carbocycles. The van der Waals surface area contributed by atoms with Crippen molar-refractivity contribution < 1.29 is 9.59 Å². The zero-order valence-corrected chi connectivity index (χ0v) is 13.7. The fourth-order valence-corrected chi connectivity index (χ4v) is 4.32. The van der Waals surface area contributed by atoms with Crippen molar-refractivity contribution in [3.05, 3.63) is 51.7 Å². The standard InChI is InChI=1S/C16H13N3O2S2/c20-15-14(12-2-1-7-22-12)19(6-5-17-15)16(21)10-3-4-11-13(8-10)23-9-18-11/h1-4,7-9,14H,5-6H2,(H,17,20)/t14-/m0/s1. The number of nitrogens with one attached hydrogen (secondary N) is 1. The van der Waals surface area contributed by atoms with E-state index in [1.54, 1.807) is 16.5 Å². The molecule has 0 unspecified atom stereocenters. The summed E-state index contributed by atoms with van der Waals surface area (Å²) in [5.41, 5.74) is 3.25. The first-order chi connectivity index (χ1) is 11.2. The van der Waals surface area contributed by atoms with Crippen LogP contribution in [0.25, 0.3) is 10.2 Å². The lowest BCUT2D eigenvalue weighted by Gasteiger charge is -2.34. The molecule has 1 aliphatic rings. The molecule has 0 spiro atoms. The molecule has 0 saturated carbocycles.